The summed E-state index contributed by atoms with van der Waals surface area (Å²) in [5.41, 5.74) is 0.382. The summed E-state index contributed by atoms with van der Waals surface area (Å²) in [6.07, 6.45) is 12.7. The molecule has 3 heteroatoms. The smallest absolute Gasteiger partial charge is 0.203 e. The third kappa shape index (κ3) is 1.59. The molecule has 0 aromatic carbocycles. The first-order chi connectivity index (χ1) is 8.76. The zero-order valence-corrected chi connectivity index (χ0v) is 11.2. The zero-order chi connectivity index (χ0) is 12.2. The number of rotatable bonds is 3. The van der Waals surface area contributed by atoms with E-state index in [9.17, 15) is 0 Å². The Kier molecular flexibility index (Phi) is 2.27. The highest BCUT2D eigenvalue weighted by Gasteiger charge is 2.51. The normalized spacial score (nSPS) is 41.3. The number of aryl methyl sites for hydroxylation is 1. The maximum absolute atomic E-state index is 4.51. The maximum atomic E-state index is 4.51. The van der Waals surface area contributed by atoms with Gasteiger partial charge in [-0.15, -0.1) is 0 Å². The van der Waals surface area contributed by atoms with Gasteiger partial charge < -0.3 is 9.88 Å². The van der Waals surface area contributed by atoms with Gasteiger partial charge in [0.1, 0.15) is 0 Å². The van der Waals surface area contributed by atoms with E-state index in [0.717, 1.165) is 30.2 Å². The molecule has 18 heavy (non-hydrogen) atoms. The van der Waals surface area contributed by atoms with Crippen molar-refractivity contribution in [3.8, 4) is 0 Å². The molecule has 4 fully saturated rings. The van der Waals surface area contributed by atoms with Crippen molar-refractivity contribution >= 4 is 5.95 Å². The molecule has 0 radical (unpaired) electrons. The number of imidazole rings is 1. The van der Waals surface area contributed by atoms with Gasteiger partial charge in [-0.3, -0.25) is 0 Å². The van der Waals surface area contributed by atoms with Crippen LogP contribution in [0.5, 0.6) is 0 Å². The SMILES string of the molecule is CCn1ccnc1NC12CC3CC(CC(C3)C1)C2. The van der Waals surface area contributed by atoms with Crippen molar-refractivity contribution in [1.82, 2.24) is 9.55 Å². The summed E-state index contributed by atoms with van der Waals surface area (Å²) in [6, 6.07) is 0. The highest BCUT2D eigenvalue weighted by molar-refractivity contribution is 5.33. The second-order valence-electron chi connectivity index (χ2n) is 6.86. The van der Waals surface area contributed by atoms with E-state index in [1.165, 1.54) is 38.5 Å². The van der Waals surface area contributed by atoms with Gasteiger partial charge in [0.15, 0.2) is 0 Å². The van der Waals surface area contributed by atoms with Crippen LogP contribution >= 0.6 is 0 Å². The fraction of sp³-hybridized carbons (Fsp3) is 0.800. The first kappa shape index (κ1) is 10.9. The fourth-order valence-electron chi connectivity index (χ4n) is 5.19. The number of hydrogen-bond acceptors (Lipinski definition) is 2. The Bertz CT molecular complexity index is 413. The molecule has 0 spiro atoms. The van der Waals surface area contributed by atoms with E-state index in [1.807, 2.05) is 6.20 Å². The Labute approximate surface area is 109 Å². The molecular weight excluding hydrogens is 222 g/mol. The van der Waals surface area contributed by atoms with Gasteiger partial charge in [-0.2, -0.15) is 0 Å². The maximum Gasteiger partial charge on any atom is 0.203 e. The first-order valence-electron chi connectivity index (χ1n) is 7.56. The highest BCUT2D eigenvalue weighted by Crippen LogP contribution is 2.56. The van der Waals surface area contributed by atoms with Crippen LogP contribution in [0.1, 0.15) is 45.4 Å². The molecule has 0 aliphatic heterocycles. The standard InChI is InChI=1S/C15H23N3/c1-2-18-4-3-16-14(18)17-15-8-11-5-12(9-15)7-13(6-11)10-15/h3-4,11-13H,2,5-10H2,1H3,(H,16,17). The first-order valence-corrected chi connectivity index (χ1v) is 7.56. The van der Waals surface area contributed by atoms with Crippen LogP contribution in [-0.4, -0.2) is 15.1 Å². The van der Waals surface area contributed by atoms with Crippen molar-refractivity contribution in [2.75, 3.05) is 5.32 Å². The molecule has 1 aromatic rings. The molecule has 0 amide bonds. The molecule has 5 rings (SSSR count). The number of aromatic nitrogens is 2. The van der Waals surface area contributed by atoms with Crippen molar-refractivity contribution < 1.29 is 0 Å². The average molecular weight is 245 g/mol. The second-order valence-corrected chi connectivity index (χ2v) is 6.86. The van der Waals surface area contributed by atoms with Crippen LogP contribution in [0.15, 0.2) is 12.4 Å². The van der Waals surface area contributed by atoms with Crippen LogP contribution in [-0.2, 0) is 6.54 Å². The molecule has 0 saturated heterocycles. The lowest BCUT2D eigenvalue weighted by atomic mass is 9.53. The topological polar surface area (TPSA) is 29.9 Å². The minimum absolute atomic E-state index is 0.382. The Morgan fingerprint density at radius 1 is 1.22 bits per heavy atom. The Morgan fingerprint density at radius 2 is 1.83 bits per heavy atom. The van der Waals surface area contributed by atoms with Gasteiger partial charge in [0.2, 0.25) is 5.95 Å². The molecule has 1 heterocycles. The molecule has 4 saturated carbocycles. The lowest BCUT2D eigenvalue weighted by Gasteiger charge is -2.57. The van der Waals surface area contributed by atoms with Crippen molar-refractivity contribution in [3.05, 3.63) is 12.4 Å². The van der Waals surface area contributed by atoms with Crippen LogP contribution in [0.3, 0.4) is 0 Å². The summed E-state index contributed by atoms with van der Waals surface area (Å²) in [5.74, 6) is 4.08. The Morgan fingerprint density at radius 3 is 2.39 bits per heavy atom. The zero-order valence-electron chi connectivity index (χ0n) is 11.2. The summed E-state index contributed by atoms with van der Waals surface area (Å²) < 4.78 is 2.23. The van der Waals surface area contributed by atoms with Crippen LogP contribution < -0.4 is 5.32 Å². The van der Waals surface area contributed by atoms with Gasteiger partial charge in [0.05, 0.1) is 0 Å². The molecule has 4 bridgehead atoms. The third-order valence-corrected chi connectivity index (χ3v) is 5.47. The largest absolute Gasteiger partial charge is 0.350 e. The number of hydrogen-bond donors (Lipinski definition) is 1. The quantitative estimate of drug-likeness (QED) is 0.885. The summed E-state index contributed by atoms with van der Waals surface area (Å²) in [5, 5.41) is 3.84. The summed E-state index contributed by atoms with van der Waals surface area (Å²) in [4.78, 5) is 4.51. The van der Waals surface area contributed by atoms with Crippen LogP contribution in [0, 0.1) is 17.8 Å². The monoisotopic (exact) mass is 245 g/mol. The number of nitrogens with one attached hydrogen (secondary N) is 1. The van der Waals surface area contributed by atoms with Gasteiger partial charge in [0, 0.05) is 24.5 Å². The molecular formula is C15H23N3. The molecule has 98 valence electrons. The minimum atomic E-state index is 0.382. The lowest BCUT2D eigenvalue weighted by molar-refractivity contribution is 0.0102. The average Bonchev–Trinajstić information content (AvgIpc) is 2.73. The van der Waals surface area contributed by atoms with Crippen molar-refractivity contribution in [3.63, 3.8) is 0 Å². The van der Waals surface area contributed by atoms with E-state index in [4.69, 9.17) is 0 Å². The van der Waals surface area contributed by atoms with E-state index in [2.05, 4.69) is 28.0 Å². The van der Waals surface area contributed by atoms with Gasteiger partial charge in [-0.25, -0.2) is 4.98 Å². The molecule has 4 aliphatic carbocycles. The molecule has 4 aliphatic rings. The van der Waals surface area contributed by atoms with Crippen molar-refractivity contribution in [1.29, 1.82) is 0 Å². The molecule has 3 nitrogen and oxygen atoms in total. The molecule has 1 N–H and O–H groups in total. The predicted molar refractivity (Wildman–Crippen MR) is 72.4 cm³/mol. The summed E-state index contributed by atoms with van der Waals surface area (Å²) in [6.45, 7) is 3.20. The lowest BCUT2D eigenvalue weighted by Crippen LogP contribution is -2.55. The van der Waals surface area contributed by atoms with E-state index in [-0.39, 0.29) is 0 Å². The van der Waals surface area contributed by atoms with E-state index < -0.39 is 0 Å². The van der Waals surface area contributed by atoms with Crippen LogP contribution in [0.4, 0.5) is 5.95 Å². The van der Waals surface area contributed by atoms with Crippen molar-refractivity contribution in [2.24, 2.45) is 17.8 Å². The number of anilines is 1. The van der Waals surface area contributed by atoms with E-state index in [1.54, 1.807) is 0 Å². The van der Waals surface area contributed by atoms with Gasteiger partial charge >= 0.3 is 0 Å². The third-order valence-electron chi connectivity index (χ3n) is 5.47. The predicted octanol–water partition coefficient (Wildman–Crippen LogP) is 3.28. The Hall–Kier alpha value is -0.990. The fourth-order valence-corrected chi connectivity index (χ4v) is 5.19. The molecule has 0 atom stereocenters. The highest BCUT2D eigenvalue weighted by atomic mass is 15.2. The van der Waals surface area contributed by atoms with E-state index >= 15 is 0 Å². The summed E-state index contributed by atoms with van der Waals surface area (Å²) >= 11 is 0. The van der Waals surface area contributed by atoms with Crippen LogP contribution in [0.25, 0.3) is 0 Å². The Balaban J connectivity index is 1.61. The summed E-state index contributed by atoms with van der Waals surface area (Å²) in [7, 11) is 0. The van der Waals surface area contributed by atoms with E-state index in [0.29, 0.717) is 5.54 Å². The molecule has 0 unspecified atom stereocenters. The van der Waals surface area contributed by atoms with Crippen LogP contribution in [0.2, 0.25) is 0 Å². The molecule has 1 aromatic heterocycles. The van der Waals surface area contributed by atoms with Gasteiger partial charge in [-0.1, -0.05) is 0 Å². The van der Waals surface area contributed by atoms with Gasteiger partial charge in [0.25, 0.3) is 0 Å². The minimum Gasteiger partial charge on any atom is -0.350 e. The number of nitrogens with zero attached hydrogens (tertiary/aromatic N) is 2. The second kappa shape index (κ2) is 3.75. The van der Waals surface area contributed by atoms with Gasteiger partial charge in [-0.05, 0) is 63.2 Å². The van der Waals surface area contributed by atoms with Crippen molar-refractivity contribution in [2.45, 2.75) is 57.5 Å².